The summed E-state index contributed by atoms with van der Waals surface area (Å²) in [5, 5.41) is 1.95. The molecule has 2 aromatic rings. The molecule has 1 aromatic heterocycles. The molecule has 4 rings (SSSR count). The summed E-state index contributed by atoms with van der Waals surface area (Å²) in [6, 6.07) is 12.4. The van der Waals surface area contributed by atoms with E-state index in [0.717, 1.165) is 49.3 Å². The number of carbonyl (C=O) groups is 2. The Labute approximate surface area is 176 Å². The van der Waals surface area contributed by atoms with Gasteiger partial charge in [-0.05, 0) is 54.6 Å². The minimum atomic E-state index is -0.338. The van der Waals surface area contributed by atoms with Crippen LogP contribution in [0.4, 0.5) is 16.3 Å². The molecule has 29 heavy (non-hydrogen) atoms. The van der Waals surface area contributed by atoms with Gasteiger partial charge in [-0.2, -0.15) is 0 Å². The van der Waals surface area contributed by atoms with E-state index in [1.807, 2.05) is 26.0 Å². The molecule has 0 atom stereocenters. The first kappa shape index (κ1) is 20.9. The van der Waals surface area contributed by atoms with Gasteiger partial charge in [0, 0.05) is 38.1 Å². The molecule has 0 saturated carbocycles. The number of thioether (sulfide) groups is 1. The first-order valence-electron chi connectivity index (χ1n) is 9.86. The Balaban J connectivity index is 0.00000117. The van der Waals surface area contributed by atoms with Gasteiger partial charge >= 0.3 is 0 Å². The van der Waals surface area contributed by atoms with Gasteiger partial charge in [-0.15, -0.1) is 0 Å². The van der Waals surface area contributed by atoms with Crippen molar-refractivity contribution in [2.24, 2.45) is 0 Å². The van der Waals surface area contributed by atoms with Crippen molar-refractivity contribution >= 4 is 40.5 Å². The quantitative estimate of drug-likeness (QED) is 0.770. The number of anilines is 2. The maximum atomic E-state index is 11.7. The highest BCUT2D eigenvalue weighted by atomic mass is 32.2. The first-order valence-corrected chi connectivity index (χ1v) is 10.7. The number of benzene rings is 1. The lowest BCUT2D eigenvalue weighted by Gasteiger charge is -2.36. The van der Waals surface area contributed by atoms with Crippen LogP contribution < -0.4 is 15.1 Å². The third-order valence-corrected chi connectivity index (χ3v) is 5.52. The molecule has 2 fully saturated rings. The number of carbonyl (C=O) groups excluding carboxylic acids is 2. The van der Waals surface area contributed by atoms with Gasteiger partial charge in [-0.3, -0.25) is 14.9 Å². The molecule has 0 spiro atoms. The van der Waals surface area contributed by atoms with E-state index in [4.69, 9.17) is 0 Å². The molecule has 2 saturated heterocycles. The SMILES string of the molecule is CC.Cc1ccc(N2CCN(c3cc(/C=C4\SC(=O)NC4=O)ccn3)CC2)cc1. The summed E-state index contributed by atoms with van der Waals surface area (Å²) in [5.41, 5.74) is 3.39. The van der Waals surface area contributed by atoms with E-state index in [1.54, 1.807) is 12.3 Å². The minimum absolute atomic E-state index is 0.326. The molecular weight excluding hydrogens is 384 g/mol. The Morgan fingerprint density at radius 2 is 1.66 bits per heavy atom. The summed E-state index contributed by atoms with van der Waals surface area (Å²) in [6.45, 7) is 9.73. The molecule has 0 aliphatic carbocycles. The highest BCUT2D eigenvalue weighted by molar-refractivity contribution is 8.18. The molecule has 2 aliphatic heterocycles. The Hall–Kier alpha value is -2.80. The zero-order valence-electron chi connectivity index (χ0n) is 17.0. The van der Waals surface area contributed by atoms with Crippen LogP contribution >= 0.6 is 11.8 Å². The van der Waals surface area contributed by atoms with Crippen LogP contribution in [0.1, 0.15) is 25.0 Å². The fraction of sp³-hybridized carbons (Fsp3) is 0.318. The molecule has 2 amide bonds. The van der Waals surface area contributed by atoms with E-state index in [1.165, 1.54) is 11.3 Å². The summed E-state index contributed by atoms with van der Waals surface area (Å²) < 4.78 is 0. The van der Waals surface area contributed by atoms with Gasteiger partial charge in [-0.1, -0.05) is 31.5 Å². The summed E-state index contributed by atoms with van der Waals surface area (Å²) in [4.78, 5) is 32.5. The van der Waals surface area contributed by atoms with Crippen LogP contribution in [-0.2, 0) is 4.79 Å². The van der Waals surface area contributed by atoms with E-state index in [0.29, 0.717) is 4.91 Å². The van der Waals surface area contributed by atoms with Crippen molar-refractivity contribution in [1.29, 1.82) is 0 Å². The number of pyridine rings is 1. The van der Waals surface area contributed by atoms with Crippen LogP contribution in [0.3, 0.4) is 0 Å². The molecule has 7 heteroatoms. The molecule has 152 valence electrons. The number of aryl methyl sites for hydroxylation is 1. The number of rotatable bonds is 3. The topological polar surface area (TPSA) is 65.5 Å². The van der Waals surface area contributed by atoms with Crippen molar-refractivity contribution < 1.29 is 9.59 Å². The largest absolute Gasteiger partial charge is 0.368 e. The predicted octanol–water partition coefficient (Wildman–Crippen LogP) is 4.07. The Morgan fingerprint density at radius 1 is 1.00 bits per heavy atom. The third kappa shape index (κ3) is 5.17. The number of nitrogens with one attached hydrogen (secondary N) is 1. The molecular formula is C22H26N4O2S. The van der Waals surface area contributed by atoms with Gasteiger partial charge in [0.1, 0.15) is 5.82 Å². The second kappa shape index (κ2) is 9.60. The summed E-state index contributed by atoms with van der Waals surface area (Å²) in [5.74, 6) is 0.553. The normalized spacial score (nSPS) is 17.8. The van der Waals surface area contributed by atoms with Crippen molar-refractivity contribution in [2.45, 2.75) is 20.8 Å². The molecule has 0 radical (unpaired) electrons. The number of amides is 2. The van der Waals surface area contributed by atoms with E-state index >= 15 is 0 Å². The first-order chi connectivity index (χ1) is 14.1. The minimum Gasteiger partial charge on any atom is -0.368 e. The van der Waals surface area contributed by atoms with Crippen LogP contribution in [0.2, 0.25) is 0 Å². The van der Waals surface area contributed by atoms with Crippen LogP contribution in [0, 0.1) is 6.92 Å². The van der Waals surface area contributed by atoms with E-state index in [9.17, 15) is 9.59 Å². The fourth-order valence-electron chi connectivity index (χ4n) is 3.22. The molecule has 1 N–H and O–H groups in total. The van der Waals surface area contributed by atoms with Crippen molar-refractivity contribution in [3.8, 4) is 0 Å². The van der Waals surface area contributed by atoms with Gasteiger partial charge in [0.25, 0.3) is 11.1 Å². The number of hydrogen-bond donors (Lipinski definition) is 1. The predicted molar refractivity (Wildman–Crippen MR) is 120 cm³/mol. The van der Waals surface area contributed by atoms with Gasteiger partial charge in [-0.25, -0.2) is 4.98 Å². The van der Waals surface area contributed by atoms with Crippen molar-refractivity contribution in [3.05, 3.63) is 58.6 Å². The standard InChI is InChI=1S/C20H20N4O2S.C2H6/c1-14-2-4-16(5-3-14)23-8-10-24(11-9-23)18-13-15(6-7-21-18)12-17-19(25)22-20(26)27-17;1-2/h2-7,12-13H,8-11H2,1H3,(H,22,25,26);1-2H3/b17-12-;. The summed E-state index contributed by atoms with van der Waals surface area (Å²) >= 11 is 0.930. The molecule has 2 aliphatic rings. The summed E-state index contributed by atoms with van der Waals surface area (Å²) in [7, 11) is 0. The Bertz CT molecular complexity index is 903. The van der Waals surface area contributed by atoms with Crippen LogP contribution in [0.5, 0.6) is 0 Å². The number of imide groups is 1. The molecule has 6 nitrogen and oxygen atoms in total. The highest BCUT2D eigenvalue weighted by Gasteiger charge is 2.25. The number of hydrogen-bond acceptors (Lipinski definition) is 6. The second-order valence-corrected chi connectivity index (χ2v) is 7.62. The molecule has 0 bridgehead atoms. The maximum Gasteiger partial charge on any atom is 0.290 e. The van der Waals surface area contributed by atoms with E-state index in [-0.39, 0.29) is 11.1 Å². The zero-order valence-corrected chi connectivity index (χ0v) is 17.8. The van der Waals surface area contributed by atoms with Crippen LogP contribution in [-0.4, -0.2) is 42.3 Å². The number of piperazine rings is 1. The monoisotopic (exact) mass is 410 g/mol. The van der Waals surface area contributed by atoms with Crippen molar-refractivity contribution in [3.63, 3.8) is 0 Å². The van der Waals surface area contributed by atoms with E-state index in [2.05, 4.69) is 51.3 Å². The van der Waals surface area contributed by atoms with Gasteiger partial charge in [0.05, 0.1) is 4.91 Å². The van der Waals surface area contributed by atoms with Crippen molar-refractivity contribution in [1.82, 2.24) is 10.3 Å². The van der Waals surface area contributed by atoms with Gasteiger partial charge in [0.2, 0.25) is 0 Å². The fourth-order valence-corrected chi connectivity index (χ4v) is 3.90. The summed E-state index contributed by atoms with van der Waals surface area (Å²) in [6.07, 6.45) is 3.48. The van der Waals surface area contributed by atoms with Crippen LogP contribution in [0.25, 0.3) is 6.08 Å². The molecule has 1 aromatic carbocycles. The molecule has 0 unspecified atom stereocenters. The highest BCUT2D eigenvalue weighted by Crippen LogP contribution is 2.27. The Kier molecular flexibility index (Phi) is 6.93. The average molecular weight is 411 g/mol. The zero-order chi connectivity index (χ0) is 20.8. The number of nitrogens with zero attached hydrogens (tertiary/aromatic N) is 3. The smallest absolute Gasteiger partial charge is 0.290 e. The lowest BCUT2D eigenvalue weighted by Crippen LogP contribution is -2.46. The third-order valence-electron chi connectivity index (χ3n) is 4.71. The van der Waals surface area contributed by atoms with Gasteiger partial charge in [0.15, 0.2) is 0 Å². The van der Waals surface area contributed by atoms with Crippen molar-refractivity contribution in [2.75, 3.05) is 36.0 Å². The second-order valence-electron chi connectivity index (χ2n) is 6.61. The average Bonchev–Trinajstić information content (AvgIpc) is 3.07. The Morgan fingerprint density at radius 3 is 2.28 bits per heavy atom. The van der Waals surface area contributed by atoms with E-state index < -0.39 is 0 Å². The van der Waals surface area contributed by atoms with Crippen LogP contribution in [0.15, 0.2) is 47.5 Å². The number of aromatic nitrogens is 1. The maximum absolute atomic E-state index is 11.7. The lowest BCUT2D eigenvalue weighted by atomic mass is 10.2. The molecule has 3 heterocycles. The van der Waals surface area contributed by atoms with Gasteiger partial charge < -0.3 is 9.80 Å². The lowest BCUT2D eigenvalue weighted by molar-refractivity contribution is -0.115.